The fraction of sp³-hybridized carbons (Fsp3) is 0.227. The van der Waals surface area contributed by atoms with Crippen LogP contribution in [0.2, 0.25) is 0 Å². The third-order valence-corrected chi connectivity index (χ3v) is 4.46. The van der Waals surface area contributed by atoms with E-state index in [4.69, 9.17) is 23.2 Å². The van der Waals surface area contributed by atoms with Crippen LogP contribution in [0.1, 0.15) is 28.9 Å². The lowest BCUT2D eigenvalue weighted by Crippen LogP contribution is -2.08. The Morgan fingerprint density at radius 3 is 2.80 bits per heavy atom. The highest BCUT2D eigenvalue weighted by molar-refractivity contribution is 5.96. The molecule has 4 aromatic rings. The minimum absolute atomic E-state index is 0.109. The van der Waals surface area contributed by atoms with Crippen LogP contribution in [0.4, 0.5) is 0 Å². The van der Waals surface area contributed by atoms with E-state index in [9.17, 15) is 4.79 Å². The van der Waals surface area contributed by atoms with Gasteiger partial charge in [0, 0.05) is 23.1 Å². The number of ether oxygens (including phenoxy) is 3. The van der Waals surface area contributed by atoms with Gasteiger partial charge in [0.2, 0.25) is 11.6 Å². The molecule has 0 spiro atoms. The zero-order valence-corrected chi connectivity index (χ0v) is 16.6. The number of aromatic nitrogens is 2. The molecule has 0 amide bonds. The van der Waals surface area contributed by atoms with E-state index < -0.39 is 5.97 Å². The fourth-order valence-corrected chi connectivity index (χ4v) is 3.00. The van der Waals surface area contributed by atoms with Crippen molar-refractivity contribution in [3.05, 3.63) is 65.7 Å². The second-order valence-corrected chi connectivity index (χ2v) is 6.36. The van der Waals surface area contributed by atoms with E-state index in [1.54, 1.807) is 19.2 Å². The Morgan fingerprint density at radius 2 is 1.97 bits per heavy atom. The van der Waals surface area contributed by atoms with E-state index in [2.05, 4.69) is 10.1 Å². The molecule has 0 radical (unpaired) electrons. The van der Waals surface area contributed by atoms with Crippen LogP contribution in [-0.2, 0) is 22.7 Å². The Bertz CT molecular complexity index is 1160. The molecule has 0 unspecified atom stereocenters. The molecular formula is C22H20N2O6. The standard InChI is InChI=1S/C22H20N2O6/c1-3-27-12-17-16-9-4-5-10-18(16)29-20(17)22(25)28-13-19-23-21(24-30-19)14-7-6-8-15(11-14)26-2/h4-11H,3,12-13H2,1-2H3. The van der Waals surface area contributed by atoms with Crippen LogP contribution in [0.3, 0.4) is 0 Å². The first-order valence-electron chi connectivity index (χ1n) is 9.42. The SMILES string of the molecule is CCOCc1c(C(=O)OCc2nc(-c3cccc(OC)c3)no2)oc2ccccc12. The number of methoxy groups -OCH3 is 1. The lowest BCUT2D eigenvalue weighted by Gasteiger charge is -2.03. The molecule has 8 heteroatoms. The molecule has 2 aromatic carbocycles. The second-order valence-electron chi connectivity index (χ2n) is 6.36. The summed E-state index contributed by atoms with van der Waals surface area (Å²) in [7, 11) is 1.58. The molecule has 0 saturated heterocycles. The third kappa shape index (κ3) is 4.04. The summed E-state index contributed by atoms with van der Waals surface area (Å²) in [5.74, 6) is 0.709. The van der Waals surface area contributed by atoms with Crippen molar-refractivity contribution in [3.8, 4) is 17.1 Å². The van der Waals surface area contributed by atoms with Crippen molar-refractivity contribution in [1.82, 2.24) is 10.1 Å². The summed E-state index contributed by atoms with van der Waals surface area (Å²) in [5, 5.41) is 4.74. The maximum atomic E-state index is 12.7. The highest BCUT2D eigenvalue weighted by Crippen LogP contribution is 2.27. The van der Waals surface area contributed by atoms with Gasteiger partial charge in [-0.2, -0.15) is 4.98 Å². The number of furan rings is 1. The minimum Gasteiger partial charge on any atom is -0.497 e. The smallest absolute Gasteiger partial charge is 0.375 e. The van der Waals surface area contributed by atoms with Gasteiger partial charge in [0.05, 0.1) is 13.7 Å². The van der Waals surface area contributed by atoms with Gasteiger partial charge in [-0.25, -0.2) is 4.79 Å². The number of hydrogen-bond donors (Lipinski definition) is 0. The third-order valence-electron chi connectivity index (χ3n) is 4.46. The lowest BCUT2D eigenvalue weighted by atomic mass is 10.1. The molecule has 0 N–H and O–H groups in total. The van der Waals surface area contributed by atoms with Gasteiger partial charge >= 0.3 is 5.97 Å². The van der Waals surface area contributed by atoms with Crippen LogP contribution >= 0.6 is 0 Å². The molecule has 0 aliphatic rings. The predicted octanol–water partition coefficient (Wildman–Crippen LogP) is 4.38. The topological polar surface area (TPSA) is 96.8 Å². The quantitative estimate of drug-likeness (QED) is 0.396. The lowest BCUT2D eigenvalue weighted by molar-refractivity contribution is 0.0388. The van der Waals surface area contributed by atoms with Gasteiger partial charge in [-0.15, -0.1) is 0 Å². The van der Waals surface area contributed by atoms with Gasteiger partial charge in [-0.1, -0.05) is 35.5 Å². The average Bonchev–Trinajstić information content (AvgIpc) is 3.41. The summed E-state index contributed by atoms with van der Waals surface area (Å²) in [6.07, 6.45) is 0. The summed E-state index contributed by atoms with van der Waals surface area (Å²) >= 11 is 0. The molecular weight excluding hydrogens is 388 g/mol. The Morgan fingerprint density at radius 1 is 1.10 bits per heavy atom. The number of benzene rings is 2. The van der Waals surface area contributed by atoms with Crippen molar-refractivity contribution in [2.75, 3.05) is 13.7 Å². The number of hydrogen-bond acceptors (Lipinski definition) is 8. The molecule has 0 atom stereocenters. The van der Waals surface area contributed by atoms with Crippen LogP contribution in [0.15, 0.2) is 57.5 Å². The first-order chi connectivity index (χ1) is 14.7. The van der Waals surface area contributed by atoms with E-state index in [1.165, 1.54) is 0 Å². The van der Waals surface area contributed by atoms with Gasteiger partial charge in [-0.05, 0) is 25.1 Å². The summed E-state index contributed by atoms with van der Waals surface area (Å²) in [5.41, 5.74) is 1.98. The van der Waals surface area contributed by atoms with Gasteiger partial charge < -0.3 is 23.2 Å². The van der Waals surface area contributed by atoms with Crippen molar-refractivity contribution >= 4 is 16.9 Å². The normalized spacial score (nSPS) is 11.0. The van der Waals surface area contributed by atoms with Crippen LogP contribution < -0.4 is 4.74 Å². The van der Waals surface area contributed by atoms with Crippen LogP contribution in [0.5, 0.6) is 5.75 Å². The minimum atomic E-state index is -0.623. The molecule has 30 heavy (non-hydrogen) atoms. The van der Waals surface area contributed by atoms with Crippen molar-refractivity contribution in [3.63, 3.8) is 0 Å². The number of carbonyl (C=O) groups is 1. The number of para-hydroxylation sites is 1. The summed E-state index contributed by atoms with van der Waals surface area (Å²) in [4.78, 5) is 16.9. The number of carbonyl (C=O) groups excluding carboxylic acids is 1. The molecule has 4 rings (SSSR count). The molecule has 2 aromatic heterocycles. The number of nitrogens with zero attached hydrogens (tertiary/aromatic N) is 2. The van der Waals surface area contributed by atoms with Crippen LogP contribution in [0, 0.1) is 0 Å². The van der Waals surface area contributed by atoms with Gasteiger partial charge in [-0.3, -0.25) is 0 Å². The van der Waals surface area contributed by atoms with Crippen molar-refractivity contribution < 1.29 is 27.9 Å². The van der Waals surface area contributed by atoms with Crippen molar-refractivity contribution in [2.24, 2.45) is 0 Å². The Labute approximate surface area is 172 Å². The molecule has 0 bridgehead atoms. The Kier molecular flexibility index (Phi) is 5.76. The van der Waals surface area contributed by atoms with E-state index in [0.29, 0.717) is 29.3 Å². The first-order valence-corrected chi connectivity index (χ1v) is 9.42. The Balaban J connectivity index is 1.49. The predicted molar refractivity (Wildman–Crippen MR) is 107 cm³/mol. The largest absolute Gasteiger partial charge is 0.497 e. The molecule has 2 heterocycles. The van der Waals surface area contributed by atoms with Crippen LogP contribution in [0.25, 0.3) is 22.4 Å². The molecule has 154 valence electrons. The van der Waals surface area contributed by atoms with E-state index in [0.717, 1.165) is 10.9 Å². The van der Waals surface area contributed by atoms with E-state index >= 15 is 0 Å². The maximum absolute atomic E-state index is 12.7. The zero-order chi connectivity index (χ0) is 20.9. The highest BCUT2D eigenvalue weighted by Gasteiger charge is 2.23. The summed E-state index contributed by atoms with van der Waals surface area (Å²) in [6, 6.07) is 14.6. The first kappa shape index (κ1) is 19.7. The number of fused-ring (bicyclic) bond motifs is 1. The molecule has 0 aliphatic heterocycles. The van der Waals surface area contributed by atoms with Crippen LogP contribution in [-0.4, -0.2) is 29.8 Å². The Hall–Kier alpha value is -3.65. The monoisotopic (exact) mass is 408 g/mol. The number of esters is 1. The second kappa shape index (κ2) is 8.79. The molecule has 8 nitrogen and oxygen atoms in total. The van der Waals surface area contributed by atoms with E-state index in [-0.39, 0.29) is 24.9 Å². The van der Waals surface area contributed by atoms with Gasteiger partial charge in [0.25, 0.3) is 5.89 Å². The van der Waals surface area contributed by atoms with Gasteiger partial charge in [0.15, 0.2) is 6.61 Å². The van der Waals surface area contributed by atoms with Crippen molar-refractivity contribution in [2.45, 2.75) is 20.1 Å². The van der Waals surface area contributed by atoms with E-state index in [1.807, 2.05) is 43.3 Å². The zero-order valence-electron chi connectivity index (χ0n) is 16.6. The van der Waals surface area contributed by atoms with Gasteiger partial charge in [0.1, 0.15) is 11.3 Å². The molecule has 0 saturated carbocycles. The number of rotatable bonds is 8. The molecule has 0 aliphatic carbocycles. The summed E-state index contributed by atoms with van der Waals surface area (Å²) in [6.45, 7) is 2.47. The van der Waals surface area contributed by atoms with Crippen molar-refractivity contribution in [1.29, 1.82) is 0 Å². The highest BCUT2D eigenvalue weighted by atomic mass is 16.6. The molecule has 0 fully saturated rings. The fourth-order valence-electron chi connectivity index (χ4n) is 3.00. The average molecular weight is 408 g/mol. The summed E-state index contributed by atoms with van der Waals surface area (Å²) < 4.78 is 27.0. The maximum Gasteiger partial charge on any atom is 0.375 e.